The topological polar surface area (TPSA) is 50.4 Å². The van der Waals surface area contributed by atoms with E-state index in [1.807, 2.05) is 19.2 Å². The monoisotopic (exact) mass is 363 g/mol. The number of nitrogens with zero attached hydrogens (tertiary/aromatic N) is 1. The second kappa shape index (κ2) is 10.7. The van der Waals surface area contributed by atoms with Crippen LogP contribution < -0.4 is 11.1 Å². The van der Waals surface area contributed by atoms with Crippen LogP contribution in [0.5, 0.6) is 0 Å². The number of benzene rings is 1. The number of likely N-dealkylation sites (N-methyl/N-ethyl adjacent to an activating group) is 1. The van der Waals surface area contributed by atoms with Crippen molar-refractivity contribution < 1.29 is 0 Å². The number of aliphatic imine (C=N–C) groups is 1. The Kier molecular flexibility index (Phi) is 8.28. The van der Waals surface area contributed by atoms with Gasteiger partial charge in [-0.05, 0) is 87.6 Å². The van der Waals surface area contributed by atoms with Gasteiger partial charge in [-0.3, -0.25) is 4.99 Å². The van der Waals surface area contributed by atoms with E-state index in [2.05, 4.69) is 73.6 Å². The van der Waals surface area contributed by atoms with Gasteiger partial charge in [0.1, 0.15) is 0 Å². The maximum atomic E-state index is 6.16. The molecule has 0 bridgehead atoms. The summed E-state index contributed by atoms with van der Waals surface area (Å²) in [6, 6.07) is 7.00. The highest BCUT2D eigenvalue weighted by atomic mass is 14.8. The minimum Gasteiger partial charge on any atom is -0.399 e. The van der Waals surface area contributed by atoms with E-state index in [1.165, 1.54) is 22.3 Å². The Morgan fingerprint density at radius 1 is 1.33 bits per heavy atom. The molecule has 2 rings (SSSR count). The van der Waals surface area contributed by atoms with Crippen LogP contribution in [0.2, 0.25) is 0 Å². The van der Waals surface area contributed by atoms with Crippen LogP contribution in [-0.2, 0) is 6.42 Å². The first kappa shape index (κ1) is 20.9. The maximum Gasteiger partial charge on any atom is 0.0643 e. The minimum absolute atomic E-state index is 0.327. The van der Waals surface area contributed by atoms with Crippen LogP contribution in [0.1, 0.15) is 43.4 Å². The number of hydrogen-bond acceptors (Lipinski definition) is 3. The first-order valence-electron chi connectivity index (χ1n) is 9.86. The maximum absolute atomic E-state index is 6.16. The minimum atomic E-state index is 0.327. The van der Waals surface area contributed by atoms with Crippen molar-refractivity contribution in [3.8, 4) is 0 Å². The van der Waals surface area contributed by atoms with E-state index in [1.54, 1.807) is 0 Å². The molecule has 3 N–H and O–H groups in total. The van der Waals surface area contributed by atoms with Crippen molar-refractivity contribution in [2.45, 2.75) is 46.1 Å². The molecule has 27 heavy (non-hydrogen) atoms. The van der Waals surface area contributed by atoms with E-state index in [9.17, 15) is 0 Å². The molecule has 0 heterocycles. The van der Waals surface area contributed by atoms with Crippen molar-refractivity contribution in [2.24, 2.45) is 10.7 Å². The summed E-state index contributed by atoms with van der Waals surface area (Å²) in [4.78, 5) is 4.67. The Hall–Kier alpha value is -2.39. The van der Waals surface area contributed by atoms with Gasteiger partial charge < -0.3 is 11.1 Å². The normalized spacial score (nSPS) is 16.2. The van der Waals surface area contributed by atoms with E-state index in [4.69, 9.17) is 5.73 Å². The highest BCUT2D eigenvalue weighted by molar-refractivity contribution is 6.08. The van der Waals surface area contributed by atoms with Gasteiger partial charge in [-0.2, -0.15) is 0 Å². The lowest BCUT2D eigenvalue weighted by Crippen LogP contribution is -2.18. The van der Waals surface area contributed by atoms with Crippen LogP contribution in [-0.4, -0.2) is 25.3 Å². The number of nitrogens with one attached hydrogen (secondary N) is 1. The summed E-state index contributed by atoms with van der Waals surface area (Å²) >= 11 is 0. The molecule has 0 amide bonds. The fourth-order valence-electron chi connectivity index (χ4n) is 3.08. The largest absolute Gasteiger partial charge is 0.399 e. The third kappa shape index (κ3) is 6.37. The molecule has 0 aromatic heterocycles. The van der Waals surface area contributed by atoms with Crippen molar-refractivity contribution in [1.29, 1.82) is 0 Å². The second-order valence-corrected chi connectivity index (χ2v) is 6.95. The molecule has 0 spiro atoms. The van der Waals surface area contributed by atoms with E-state index in [-0.39, 0.29) is 0 Å². The average Bonchev–Trinajstić information content (AvgIpc) is 2.88. The molecule has 0 fully saturated rings. The molecule has 1 unspecified atom stereocenters. The van der Waals surface area contributed by atoms with Crippen molar-refractivity contribution in [3.63, 3.8) is 0 Å². The molecule has 3 heteroatoms. The second-order valence-electron chi connectivity index (χ2n) is 6.95. The lowest BCUT2D eigenvalue weighted by Gasteiger charge is -2.12. The quantitative estimate of drug-likeness (QED) is 0.662. The highest BCUT2D eigenvalue weighted by Gasteiger charge is 2.07. The molecule has 1 aliphatic carbocycles. The van der Waals surface area contributed by atoms with Crippen LogP contribution >= 0.6 is 0 Å². The first-order chi connectivity index (χ1) is 13.0. The Morgan fingerprint density at radius 2 is 2.15 bits per heavy atom. The van der Waals surface area contributed by atoms with Crippen molar-refractivity contribution >= 4 is 5.71 Å². The predicted octanol–water partition coefficient (Wildman–Crippen LogP) is 4.63. The van der Waals surface area contributed by atoms with Crippen LogP contribution in [0.15, 0.2) is 70.9 Å². The summed E-state index contributed by atoms with van der Waals surface area (Å²) in [5, 5.41) is 3.22. The Balaban J connectivity index is 2.13. The number of rotatable bonds is 8. The van der Waals surface area contributed by atoms with Crippen molar-refractivity contribution in [1.82, 2.24) is 5.32 Å². The molecule has 1 atom stereocenters. The molecule has 0 radical (unpaired) electrons. The summed E-state index contributed by atoms with van der Waals surface area (Å²) in [6.45, 7) is 7.17. The van der Waals surface area contributed by atoms with Gasteiger partial charge >= 0.3 is 0 Å². The molecular formula is C24H33N3. The van der Waals surface area contributed by atoms with E-state index < -0.39 is 0 Å². The standard InChI is InChI=1S/C24H33N3/c1-5-27-24(16-11-19(3)26-4)22-15-13-20(18(2)17-22)12-14-21-9-7-6-8-10-23(21)25/h6,8-11,13,15-17,19,26H,5,7,12,14,25H2,1-4H3/b16-11-,27-24?. The molecule has 0 saturated heterocycles. The summed E-state index contributed by atoms with van der Waals surface area (Å²) in [7, 11) is 1.96. The van der Waals surface area contributed by atoms with Gasteiger partial charge in [0.15, 0.2) is 0 Å². The van der Waals surface area contributed by atoms with Gasteiger partial charge in [0.05, 0.1) is 5.71 Å². The summed E-state index contributed by atoms with van der Waals surface area (Å²) in [5.74, 6) is 0. The molecular weight excluding hydrogens is 330 g/mol. The first-order valence-corrected chi connectivity index (χ1v) is 9.86. The number of allylic oxidation sites excluding steroid dienone is 6. The van der Waals surface area contributed by atoms with E-state index in [0.29, 0.717) is 6.04 Å². The molecule has 0 saturated carbocycles. The lowest BCUT2D eigenvalue weighted by molar-refractivity contribution is 0.729. The fraction of sp³-hybridized carbons (Fsp3) is 0.375. The third-order valence-electron chi connectivity index (χ3n) is 4.91. The average molecular weight is 364 g/mol. The van der Waals surface area contributed by atoms with Gasteiger partial charge in [0, 0.05) is 18.3 Å². The van der Waals surface area contributed by atoms with Gasteiger partial charge in [-0.15, -0.1) is 0 Å². The van der Waals surface area contributed by atoms with Crippen LogP contribution in [0, 0.1) is 6.92 Å². The summed E-state index contributed by atoms with van der Waals surface area (Å²) < 4.78 is 0. The number of nitrogens with two attached hydrogens (primary N) is 1. The predicted molar refractivity (Wildman–Crippen MR) is 118 cm³/mol. The van der Waals surface area contributed by atoms with Gasteiger partial charge in [-0.1, -0.05) is 36.4 Å². The number of hydrogen-bond donors (Lipinski definition) is 2. The lowest BCUT2D eigenvalue weighted by atomic mass is 9.96. The third-order valence-corrected chi connectivity index (χ3v) is 4.91. The summed E-state index contributed by atoms with van der Waals surface area (Å²) in [6.07, 6.45) is 15.6. The highest BCUT2D eigenvalue weighted by Crippen LogP contribution is 2.20. The zero-order valence-corrected chi connectivity index (χ0v) is 17.1. The summed E-state index contributed by atoms with van der Waals surface area (Å²) in [5.41, 5.74) is 13.2. The fourth-order valence-corrected chi connectivity index (χ4v) is 3.08. The molecule has 3 nitrogen and oxygen atoms in total. The van der Waals surface area contributed by atoms with Crippen molar-refractivity contribution in [3.05, 3.63) is 82.6 Å². The smallest absolute Gasteiger partial charge is 0.0643 e. The van der Waals surface area contributed by atoms with E-state index >= 15 is 0 Å². The van der Waals surface area contributed by atoms with Gasteiger partial charge in [-0.25, -0.2) is 0 Å². The van der Waals surface area contributed by atoms with Gasteiger partial charge in [0.25, 0.3) is 0 Å². The van der Waals surface area contributed by atoms with Crippen LogP contribution in [0.4, 0.5) is 0 Å². The Bertz CT molecular complexity index is 779. The van der Waals surface area contributed by atoms with Crippen LogP contribution in [0.3, 0.4) is 0 Å². The molecule has 0 aliphatic heterocycles. The zero-order chi connectivity index (χ0) is 19.6. The molecule has 144 valence electrons. The SMILES string of the molecule is CCN=C(/C=C\C(C)NC)c1ccc(CCC2=CCC=CC=C2N)c(C)c1. The Labute approximate surface area is 164 Å². The Morgan fingerprint density at radius 3 is 2.85 bits per heavy atom. The number of aryl methyl sites for hydroxylation is 2. The van der Waals surface area contributed by atoms with Gasteiger partial charge in [0.2, 0.25) is 0 Å². The molecule has 1 aromatic carbocycles. The zero-order valence-electron chi connectivity index (χ0n) is 17.1. The molecule has 1 aromatic rings. The van der Waals surface area contributed by atoms with Crippen molar-refractivity contribution in [2.75, 3.05) is 13.6 Å². The van der Waals surface area contributed by atoms with E-state index in [0.717, 1.165) is 37.2 Å². The van der Waals surface area contributed by atoms with Crippen LogP contribution in [0.25, 0.3) is 0 Å². The molecule has 1 aliphatic rings.